The average molecular weight is 272 g/mol. The van der Waals surface area contributed by atoms with Crippen LogP contribution in [-0.4, -0.2) is 0 Å². The van der Waals surface area contributed by atoms with Crippen LogP contribution in [0.25, 0.3) is 10.8 Å². The molecule has 0 saturated heterocycles. The summed E-state index contributed by atoms with van der Waals surface area (Å²) in [6.45, 7) is 0. The molecule has 1 aliphatic carbocycles. The van der Waals surface area contributed by atoms with Crippen LogP contribution in [0, 0.1) is 0 Å². The lowest BCUT2D eigenvalue weighted by atomic mass is 9.86. The Morgan fingerprint density at radius 1 is 1.00 bits per heavy atom. The smallest absolute Gasteiger partial charge is 0.00978 e. The van der Waals surface area contributed by atoms with E-state index in [1.807, 2.05) is 0 Å². The van der Waals surface area contributed by atoms with Gasteiger partial charge in [-0.3, -0.25) is 0 Å². The molecule has 1 aliphatic rings. The highest BCUT2D eigenvalue weighted by Crippen LogP contribution is 2.39. The lowest BCUT2D eigenvalue weighted by molar-refractivity contribution is 0.652. The van der Waals surface area contributed by atoms with Crippen molar-refractivity contribution in [2.24, 2.45) is 0 Å². The number of allylic oxidation sites excluding steroid dienone is 2. The summed E-state index contributed by atoms with van der Waals surface area (Å²) in [7, 11) is 5.85. The van der Waals surface area contributed by atoms with E-state index < -0.39 is 0 Å². The topological polar surface area (TPSA) is 0 Å². The highest BCUT2D eigenvalue weighted by Gasteiger charge is 2.20. The maximum atomic E-state index is 2.94. The Morgan fingerprint density at radius 3 is 2.67 bits per heavy atom. The Bertz CT molecular complexity index is 614. The molecule has 0 aliphatic heterocycles. The largest absolute Gasteiger partial charge is 0.110 e. The highest BCUT2D eigenvalue weighted by atomic mass is 31.0. The lowest BCUT2D eigenvalue weighted by Crippen LogP contribution is -2.12. The first-order valence-electron chi connectivity index (χ1n) is 6.50. The number of benzene rings is 2. The van der Waals surface area contributed by atoms with Gasteiger partial charge in [0.1, 0.15) is 0 Å². The van der Waals surface area contributed by atoms with Crippen molar-refractivity contribution in [1.29, 1.82) is 0 Å². The first-order valence-corrected chi connectivity index (χ1v) is 7.65. The molecular weight excluding hydrogens is 254 g/mol. The van der Waals surface area contributed by atoms with Gasteiger partial charge in [-0.05, 0) is 46.2 Å². The van der Waals surface area contributed by atoms with E-state index in [0.29, 0.717) is 5.92 Å². The average Bonchev–Trinajstić information content (AvgIpc) is 2.40. The van der Waals surface area contributed by atoms with E-state index in [2.05, 4.69) is 61.0 Å². The van der Waals surface area contributed by atoms with Crippen LogP contribution < -0.4 is 5.30 Å². The minimum absolute atomic E-state index is 0.572. The summed E-state index contributed by atoms with van der Waals surface area (Å²) in [4.78, 5) is 0. The van der Waals surface area contributed by atoms with Crippen LogP contribution in [0.1, 0.15) is 30.7 Å². The van der Waals surface area contributed by atoms with E-state index in [1.165, 1.54) is 46.2 Å². The summed E-state index contributed by atoms with van der Waals surface area (Å²) in [6, 6.07) is 13.2. The van der Waals surface area contributed by atoms with E-state index in [1.54, 1.807) is 0 Å². The maximum Gasteiger partial charge on any atom is 0.00978 e. The van der Waals surface area contributed by atoms with Crippen molar-refractivity contribution in [2.45, 2.75) is 25.2 Å². The van der Waals surface area contributed by atoms with Crippen molar-refractivity contribution in [2.75, 3.05) is 0 Å². The quantitative estimate of drug-likeness (QED) is 0.676. The summed E-state index contributed by atoms with van der Waals surface area (Å²) < 4.78 is 0. The SMILES string of the molecule is PC1=CCCC[C@H]1c1c(P)ccc2ccccc12. The Morgan fingerprint density at radius 2 is 1.83 bits per heavy atom. The predicted molar refractivity (Wildman–Crippen MR) is 87.7 cm³/mol. The van der Waals surface area contributed by atoms with Crippen molar-refractivity contribution in [3.05, 3.63) is 53.4 Å². The van der Waals surface area contributed by atoms with Crippen molar-refractivity contribution in [1.82, 2.24) is 0 Å². The molecule has 2 aromatic rings. The second kappa shape index (κ2) is 5.12. The van der Waals surface area contributed by atoms with Crippen molar-refractivity contribution >= 4 is 34.6 Å². The zero-order valence-electron chi connectivity index (χ0n) is 10.4. The van der Waals surface area contributed by atoms with Crippen molar-refractivity contribution < 1.29 is 0 Å². The third-order valence-corrected chi connectivity index (χ3v) is 4.97. The molecule has 2 unspecified atom stereocenters. The van der Waals surface area contributed by atoms with Gasteiger partial charge in [-0.2, -0.15) is 0 Å². The summed E-state index contributed by atoms with van der Waals surface area (Å²) >= 11 is 0. The number of fused-ring (bicyclic) bond motifs is 1. The molecule has 0 amide bonds. The molecule has 0 radical (unpaired) electrons. The molecule has 3 rings (SSSR count). The molecule has 0 fully saturated rings. The first-order chi connectivity index (χ1) is 8.77. The summed E-state index contributed by atoms with van der Waals surface area (Å²) in [5, 5.41) is 5.56. The molecule has 0 saturated carbocycles. The van der Waals surface area contributed by atoms with Gasteiger partial charge in [0.05, 0.1) is 0 Å². The van der Waals surface area contributed by atoms with Crippen LogP contribution in [0.5, 0.6) is 0 Å². The van der Waals surface area contributed by atoms with Crippen LogP contribution >= 0.6 is 18.5 Å². The molecule has 2 heteroatoms. The van der Waals surface area contributed by atoms with Gasteiger partial charge < -0.3 is 0 Å². The number of hydrogen-bond donors (Lipinski definition) is 0. The van der Waals surface area contributed by atoms with E-state index >= 15 is 0 Å². The molecule has 0 heterocycles. The van der Waals surface area contributed by atoms with E-state index in [9.17, 15) is 0 Å². The second-order valence-electron chi connectivity index (χ2n) is 4.98. The minimum atomic E-state index is 0.572. The molecule has 0 aromatic heterocycles. The third-order valence-electron chi connectivity index (χ3n) is 3.83. The fourth-order valence-electron chi connectivity index (χ4n) is 2.91. The van der Waals surface area contributed by atoms with Crippen LogP contribution in [0.3, 0.4) is 0 Å². The van der Waals surface area contributed by atoms with Gasteiger partial charge >= 0.3 is 0 Å². The zero-order chi connectivity index (χ0) is 12.5. The summed E-state index contributed by atoms with van der Waals surface area (Å²) in [6.07, 6.45) is 6.18. The molecule has 0 spiro atoms. The number of rotatable bonds is 1. The van der Waals surface area contributed by atoms with E-state index in [-0.39, 0.29) is 0 Å². The predicted octanol–water partition coefficient (Wildman–Crippen LogP) is 4.37. The Balaban J connectivity index is 2.24. The molecule has 2 aromatic carbocycles. The Hall–Kier alpha value is -0.700. The van der Waals surface area contributed by atoms with Gasteiger partial charge in [-0.1, -0.05) is 42.5 Å². The Labute approximate surface area is 113 Å². The molecule has 3 atom stereocenters. The van der Waals surface area contributed by atoms with Crippen LogP contribution in [-0.2, 0) is 0 Å². The van der Waals surface area contributed by atoms with Crippen molar-refractivity contribution in [3.63, 3.8) is 0 Å². The standard InChI is InChI=1S/C16H18P2/c17-14-8-4-3-7-13(14)16-12-6-2-1-5-11(12)9-10-15(16)18/h1-2,5-6,8-10,13H,3-4,7,17-18H2/t13-/m1/s1. The molecule has 0 N–H and O–H groups in total. The van der Waals surface area contributed by atoms with E-state index in [0.717, 1.165) is 0 Å². The second-order valence-corrected chi connectivity index (χ2v) is 6.27. The zero-order valence-corrected chi connectivity index (χ0v) is 12.7. The Kier molecular flexibility index (Phi) is 3.51. The van der Waals surface area contributed by atoms with Gasteiger partial charge in [-0.25, -0.2) is 0 Å². The van der Waals surface area contributed by atoms with Gasteiger partial charge in [0.25, 0.3) is 0 Å². The monoisotopic (exact) mass is 272 g/mol. The number of hydrogen-bond acceptors (Lipinski definition) is 0. The van der Waals surface area contributed by atoms with Crippen molar-refractivity contribution in [3.8, 4) is 0 Å². The van der Waals surface area contributed by atoms with E-state index in [4.69, 9.17) is 0 Å². The van der Waals surface area contributed by atoms with Gasteiger partial charge in [0.2, 0.25) is 0 Å². The van der Waals surface area contributed by atoms with Gasteiger partial charge in [0, 0.05) is 5.92 Å². The molecule has 0 bridgehead atoms. The maximum absolute atomic E-state index is 2.94. The first kappa shape index (κ1) is 12.3. The minimum Gasteiger partial charge on any atom is -0.110 e. The van der Waals surface area contributed by atoms with Gasteiger partial charge in [0.15, 0.2) is 0 Å². The fraction of sp³-hybridized carbons (Fsp3) is 0.250. The van der Waals surface area contributed by atoms with Crippen LogP contribution in [0.15, 0.2) is 47.8 Å². The fourth-order valence-corrected chi connectivity index (χ4v) is 3.86. The third kappa shape index (κ3) is 2.13. The molecule has 18 heavy (non-hydrogen) atoms. The highest BCUT2D eigenvalue weighted by molar-refractivity contribution is 7.27. The summed E-state index contributed by atoms with van der Waals surface area (Å²) in [5.74, 6) is 0.572. The van der Waals surface area contributed by atoms with Crippen LogP contribution in [0.4, 0.5) is 0 Å². The normalized spacial score (nSPS) is 19.9. The van der Waals surface area contributed by atoms with Crippen LogP contribution in [0.2, 0.25) is 0 Å². The molecular formula is C16H18P2. The molecule has 0 nitrogen and oxygen atoms in total. The molecule has 92 valence electrons. The lowest BCUT2D eigenvalue weighted by Gasteiger charge is -2.25. The van der Waals surface area contributed by atoms with Gasteiger partial charge in [-0.15, -0.1) is 18.5 Å². The summed E-state index contributed by atoms with van der Waals surface area (Å²) in [5.41, 5.74) is 1.50.